The number of rotatable bonds is 3. The zero-order valence-corrected chi connectivity index (χ0v) is 12.9. The molecule has 0 atom stereocenters. The van der Waals surface area contributed by atoms with Gasteiger partial charge in [0.1, 0.15) is 0 Å². The molecule has 0 aliphatic carbocycles. The van der Waals surface area contributed by atoms with E-state index in [4.69, 9.17) is 0 Å². The van der Waals surface area contributed by atoms with Gasteiger partial charge in [-0.05, 0) is 24.1 Å². The highest BCUT2D eigenvalue weighted by atomic mass is 79.9. The molecule has 0 unspecified atom stereocenters. The van der Waals surface area contributed by atoms with E-state index in [0.717, 1.165) is 15.6 Å². The van der Waals surface area contributed by atoms with E-state index in [9.17, 15) is 9.59 Å². The Morgan fingerprint density at radius 1 is 1.35 bits per heavy atom. The van der Waals surface area contributed by atoms with Crippen molar-refractivity contribution in [1.29, 1.82) is 0 Å². The highest BCUT2D eigenvalue weighted by Crippen LogP contribution is 2.20. The fraction of sp³-hybridized carbons (Fsp3) is 0.200. The van der Waals surface area contributed by atoms with Crippen LogP contribution in [0.1, 0.15) is 21.5 Å². The van der Waals surface area contributed by atoms with Crippen molar-refractivity contribution in [3.05, 3.63) is 68.0 Å². The molecular weight excluding hydrogens is 320 g/mol. The van der Waals surface area contributed by atoms with Crippen LogP contribution >= 0.6 is 15.9 Å². The maximum Gasteiger partial charge on any atom is 0.251 e. The van der Waals surface area contributed by atoms with Crippen molar-refractivity contribution in [2.75, 3.05) is 0 Å². The summed E-state index contributed by atoms with van der Waals surface area (Å²) in [7, 11) is 1.65. The van der Waals surface area contributed by atoms with Gasteiger partial charge in [-0.1, -0.05) is 34.1 Å². The van der Waals surface area contributed by atoms with Gasteiger partial charge in [0.15, 0.2) is 0 Å². The molecule has 1 heterocycles. The largest absolute Gasteiger partial charge is 0.348 e. The van der Waals surface area contributed by atoms with Crippen molar-refractivity contribution in [3.63, 3.8) is 0 Å². The number of aryl methyl sites for hydroxylation is 2. The molecule has 0 radical (unpaired) electrons. The van der Waals surface area contributed by atoms with Gasteiger partial charge in [-0.2, -0.15) is 0 Å². The van der Waals surface area contributed by atoms with Gasteiger partial charge in [-0.3, -0.25) is 9.59 Å². The summed E-state index contributed by atoms with van der Waals surface area (Å²) >= 11 is 3.50. The summed E-state index contributed by atoms with van der Waals surface area (Å²) < 4.78 is 2.41. The number of nitrogens with zero attached hydrogens (tertiary/aromatic N) is 1. The topological polar surface area (TPSA) is 51.1 Å². The second-order valence-electron chi connectivity index (χ2n) is 4.60. The zero-order chi connectivity index (χ0) is 14.7. The van der Waals surface area contributed by atoms with Crippen LogP contribution < -0.4 is 10.9 Å². The van der Waals surface area contributed by atoms with Gasteiger partial charge in [-0.25, -0.2) is 0 Å². The summed E-state index contributed by atoms with van der Waals surface area (Å²) in [4.78, 5) is 23.5. The number of halogens is 1. The molecule has 1 N–H and O–H groups in total. The number of nitrogens with one attached hydrogen (secondary N) is 1. The predicted molar refractivity (Wildman–Crippen MR) is 81.7 cm³/mol. The van der Waals surface area contributed by atoms with Gasteiger partial charge in [0.2, 0.25) is 0 Å². The Balaban J connectivity index is 2.10. The average molecular weight is 335 g/mol. The van der Waals surface area contributed by atoms with E-state index in [1.54, 1.807) is 19.3 Å². The number of hydrogen-bond donors (Lipinski definition) is 1. The van der Waals surface area contributed by atoms with E-state index in [2.05, 4.69) is 21.2 Å². The monoisotopic (exact) mass is 334 g/mol. The van der Waals surface area contributed by atoms with Crippen LogP contribution in [-0.2, 0) is 13.6 Å². The first-order valence-electron chi connectivity index (χ1n) is 6.18. The predicted octanol–water partition coefficient (Wildman–Crippen LogP) is 2.39. The molecule has 1 aromatic heterocycles. The molecule has 5 heteroatoms. The van der Waals surface area contributed by atoms with Crippen molar-refractivity contribution in [2.45, 2.75) is 13.5 Å². The average Bonchev–Trinajstić information content (AvgIpc) is 2.43. The summed E-state index contributed by atoms with van der Waals surface area (Å²) in [6, 6.07) is 8.85. The Morgan fingerprint density at radius 3 is 2.80 bits per heavy atom. The molecule has 0 saturated heterocycles. The molecular formula is C15H15BrN2O2. The first kappa shape index (κ1) is 14.5. The van der Waals surface area contributed by atoms with Crippen LogP contribution in [0.25, 0.3) is 0 Å². The summed E-state index contributed by atoms with van der Waals surface area (Å²) in [5.74, 6) is -0.254. The third-order valence-electron chi connectivity index (χ3n) is 3.08. The third-order valence-corrected chi connectivity index (χ3v) is 4.21. The third kappa shape index (κ3) is 3.17. The summed E-state index contributed by atoms with van der Waals surface area (Å²) in [5, 5.41) is 2.81. The minimum absolute atomic E-state index is 0.200. The Bertz CT molecular complexity index is 707. The molecule has 1 aromatic carbocycles. The summed E-state index contributed by atoms with van der Waals surface area (Å²) in [6.45, 7) is 2.41. The number of carbonyl (C=O) groups excluding carboxylic acids is 1. The maximum atomic E-state index is 12.0. The smallest absolute Gasteiger partial charge is 0.251 e. The van der Waals surface area contributed by atoms with Crippen molar-refractivity contribution in [1.82, 2.24) is 9.88 Å². The van der Waals surface area contributed by atoms with E-state index >= 15 is 0 Å². The number of benzene rings is 1. The Kier molecular flexibility index (Phi) is 4.39. The van der Waals surface area contributed by atoms with Gasteiger partial charge in [0.25, 0.3) is 11.5 Å². The van der Waals surface area contributed by atoms with Crippen LogP contribution in [0.15, 0.2) is 45.8 Å². The quantitative estimate of drug-likeness (QED) is 0.936. The molecule has 20 heavy (non-hydrogen) atoms. The highest BCUT2D eigenvalue weighted by molar-refractivity contribution is 9.10. The van der Waals surface area contributed by atoms with E-state index in [1.165, 1.54) is 10.6 Å². The Hall–Kier alpha value is -1.88. The van der Waals surface area contributed by atoms with Crippen LogP contribution in [0.2, 0.25) is 0 Å². The lowest BCUT2D eigenvalue weighted by Gasteiger charge is -2.09. The number of pyridine rings is 1. The van der Waals surface area contributed by atoms with Gasteiger partial charge in [-0.15, -0.1) is 0 Å². The fourth-order valence-corrected chi connectivity index (χ4v) is 2.22. The number of carbonyl (C=O) groups is 1. The van der Waals surface area contributed by atoms with Crippen LogP contribution in [0.5, 0.6) is 0 Å². The van der Waals surface area contributed by atoms with Gasteiger partial charge in [0.05, 0.1) is 0 Å². The van der Waals surface area contributed by atoms with Gasteiger partial charge >= 0.3 is 0 Å². The van der Waals surface area contributed by atoms with E-state index in [1.807, 2.05) is 25.1 Å². The SMILES string of the molecule is Cc1cccc(CNC(=O)c2ccn(C)c(=O)c2)c1Br. The van der Waals surface area contributed by atoms with Crippen molar-refractivity contribution in [3.8, 4) is 0 Å². The lowest BCUT2D eigenvalue weighted by atomic mass is 10.1. The van der Waals surface area contributed by atoms with Crippen LogP contribution in [-0.4, -0.2) is 10.5 Å². The molecule has 104 valence electrons. The Labute approximate surface area is 125 Å². The maximum absolute atomic E-state index is 12.0. The number of hydrogen-bond acceptors (Lipinski definition) is 2. The second kappa shape index (κ2) is 6.05. The molecule has 0 spiro atoms. The van der Waals surface area contributed by atoms with Crippen molar-refractivity contribution < 1.29 is 4.79 Å². The molecule has 1 amide bonds. The highest BCUT2D eigenvalue weighted by Gasteiger charge is 2.08. The molecule has 4 nitrogen and oxygen atoms in total. The van der Waals surface area contributed by atoms with Crippen molar-refractivity contribution >= 4 is 21.8 Å². The lowest BCUT2D eigenvalue weighted by Crippen LogP contribution is -2.25. The van der Waals surface area contributed by atoms with E-state index in [0.29, 0.717) is 12.1 Å². The minimum Gasteiger partial charge on any atom is -0.348 e. The molecule has 2 aromatic rings. The molecule has 2 rings (SSSR count). The normalized spacial score (nSPS) is 10.3. The molecule has 0 bridgehead atoms. The lowest BCUT2D eigenvalue weighted by molar-refractivity contribution is 0.0950. The van der Waals surface area contributed by atoms with E-state index < -0.39 is 0 Å². The van der Waals surface area contributed by atoms with Crippen molar-refractivity contribution in [2.24, 2.45) is 7.05 Å². The van der Waals surface area contributed by atoms with Crippen LogP contribution in [0.4, 0.5) is 0 Å². The standard InChI is InChI=1S/C15H15BrN2O2/c1-10-4-3-5-12(14(10)16)9-17-15(20)11-6-7-18(2)13(19)8-11/h3-8H,9H2,1-2H3,(H,17,20). The first-order chi connectivity index (χ1) is 9.49. The second-order valence-corrected chi connectivity index (χ2v) is 5.39. The zero-order valence-electron chi connectivity index (χ0n) is 11.3. The minimum atomic E-state index is -0.254. The van der Waals surface area contributed by atoms with Crippen LogP contribution in [0.3, 0.4) is 0 Å². The van der Waals surface area contributed by atoms with E-state index in [-0.39, 0.29) is 11.5 Å². The number of amides is 1. The first-order valence-corrected chi connectivity index (χ1v) is 6.97. The number of aromatic nitrogens is 1. The summed E-state index contributed by atoms with van der Waals surface area (Å²) in [5.41, 5.74) is 2.29. The van der Waals surface area contributed by atoms with Gasteiger partial charge in [0, 0.05) is 35.9 Å². The van der Waals surface area contributed by atoms with Gasteiger partial charge < -0.3 is 9.88 Å². The molecule has 0 fully saturated rings. The Morgan fingerprint density at radius 2 is 2.10 bits per heavy atom. The fourth-order valence-electron chi connectivity index (χ4n) is 1.81. The molecule has 0 saturated carbocycles. The molecule has 0 aliphatic rings. The van der Waals surface area contributed by atoms with Crippen LogP contribution in [0, 0.1) is 6.92 Å². The summed E-state index contributed by atoms with van der Waals surface area (Å²) in [6.07, 6.45) is 1.58. The molecule has 0 aliphatic heterocycles.